The van der Waals surface area contributed by atoms with Crippen molar-refractivity contribution in [3.8, 4) is 0 Å². The molecule has 0 bridgehead atoms. The first-order chi connectivity index (χ1) is 8.27. The second-order valence-electron chi connectivity index (χ2n) is 3.94. The second-order valence-corrected chi connectivity index (χ2v) is 3.94. The molecule has 0 saturated carbocycles. The van der Waals surface area contributed by atoms with E-state index in [9.17, 15) is 0 Å². The molecular formula is C11H22N4O2. The molecule has 0 aromatic carbocycles. The van der Waals surface area contributed by atoms with Gasteiger partial charge in [-0.15, -0.1) is 5.10 Å². The van der Waals surface area contributed by atoms with Crippen molar-refractivity contribution in [1.82, 2.24) is 15.5 Å². The van der Waals surface area contributed by atoms with Crippen LogP contribution >= 0.6 is 0 Å². The summed E-state index contributed by atoms with van der Waals surface area (Å²) in [4.78, 5) is 0. The molecule has 1 aromatic rings. The van der Waals surface area contributed by atoms with Crippen LogP contribution in [0, 0.1) is 0 Å². The summed E-state index contributed by atoms with van der Waals surface area (Å²) in [7, 11) is 3.58. The minimum atomic E-state index is 0.0831. The minimum absolute atomic E-state index is 0.0831. The first-order valence-corrected chi connectivity index (χ1v) is 6.01. The minimum Gasteiger partial charge on any atom is -0.406 e. The van der Waals surface area contributed by atoms with Crippen LogP contribution in [0.1, 0.15) is 38.1 Å². The van der Waals surface area contributed by atoms with Gasteiger partial charge in [0.25, 0.3) is 0 Å². The third-order valence-electron chi connectivity index (χ3n) is 2.55. The van der Waals surface area contributed by atoms with E-state index in [2.05, 4.69) is 20.8 Å². The van der Waals surface area contributed by atoms with E-state index in [1.165, 1.54) is 0 Å². The second kappa shape index (κ2) is 8.03. The normalized spacial score (nSPS) is 12.6. The largest absolute Gasteiger partial charge is 0.406 e. The third-order valence-corrected chi connectivity index (χ3v) is 2.55. The zero-order chi connectivity index (χ0) is 12.5. The molecule has 0 aliphatic carbocycles. The van der Waals surface area contributed by atoms with Crippen molar-refractivity contribution in [3.05, 3.63) is 5.89 Å². The van der Waals surface area contributed by atoms with E-state index >= 15 is 0 Å². The zero-order valence-electron chi connectivity index (χ0n) is 10.8. The fourth-order valence-electron chi connectivity index (χ4n) is 1.35. The van der Waals surface area contributed by atoms with Gasteiger partial charge in [0, 0.05) is 20.3 Å². The van der Waals surface area contributed by atoms with Crippen molar-refractivity contribution in [1.29, 1.82) is 0 Å². The molecule has 0 spiro atoms. The van der Waals surface area contributed by atoms with Crippen LogP contribution in [-0.4, -0.2) is 37.5 Å². The highest BCUT2D eigenvalue weighted by atomic mass is 16.5. The number of anilines is 1. The Kier molecular flexibility index (Phi) is 6.57. The summed E-state index contributed by atoms with van der Waals surface area (Å²) >= 11 is 0. The number of aromatic nitrogens is 2. The smallest absolute Gasteiger partial charge is 0.315 e. The molecule has 1 aromatic heterocycles. The van der Waals surface area contributed by atoms with Gasteiger partial charge < -0.3 is 19.8 Å². The van der Waals surface area contributed by atoms with E-state index in [0.29, 0.717) is 11.9 Å². The van der Waals surface area contributed by atoms with E-state index in [4.69, 9.17) is 9.15 Å². The van der Waals surface area contributed by atoms with Gasteiger partial charge in [0.1, 0.15) is 0 Å². The standard InChI is InChI=1S/C11H22N4O2/c1-9(12-2)10-14-15-11(17-10)13-7-5-4-6-8-16-3/h9,12H,4-8H2,1-3H3,(H,13,15). The highest BCUT2D eigenvalue weighted by molar-refractivity contribution is 5.16. The molecule has 0 fully saturated rings. The maximum atomic E-state index is 5.44. The summed E-state index contributed by atoms with van der Waals surface area (Å²) in [5.74, 6) is 0.606. The van der Waals surface area contributed by atoms with Crippen molar-refractivity contribution in [3.63, 3.8) is 0 Å². The van der Waals surface area contributed by atoms with Crippen LogP contribution in [0.5, 0.6) is 0 Å². The lowest BCUT2D eigenvalue weighted by atomic mass is 10.2. The fourth-order valence-corrected chi connectivity index (χ4v) is 1.35. The Morgan fingerprint density at radius 3 is 2.82 bits per heavy atom. The number of ether oxygens (including phenoxy) is 1. The van der Waals surface area contributed by atoms with Gasteiger partial charge in [-0.3, -0.25) is 0 Å². The Hall–Kier alpha value is -1.14. The van der Waals surface area contributed by atoms with Gasteiger partial charge in [0.2, 0.25) is 5.89 Å². The van der Waals surface area contributed by atoms with Gasteiger partial charge in [0.05, 0.1) is 6.04 Å². The Morgan fingerprint density at radius 1 is 1.29 bits per heavy atom. The number of methoxy groups -OCH3 is 1. The molecule has 1 heterocycles. The summed E-state index contributed by atoms with van der Waals surface area (Å²) in [5, 5.41) is 14.0. The summed E-state index contributed by atoms with van der Waals surface area (Å²) in [6, 6.07) is 0.577. The fraction of sp³-hybridized carbons (Fsp3) is 0.818. The SMILES string of the molecule is CNC(C)c1nnc(NCCCCCOC)o1. The van der Waals surface area contributed by atoms with Crippen molar-refractivity contribution in [2.24, 2.45) is 0 Å². The van der Waals surface area contributed by atoms with Crippen LogP contribution in [-0.2, 0) is 4.74 Å². The average Bonchev–Trinajstić information content (AvgIpc) is 2.81. The molecule has 0 aliphatic heterocycles. The van der Waals surface area contributed by atoms with Crippen molar-refractivity contribution < 1.29 is 9.15 Å². The lowest BCUT2D eigenvalue weighted by Crippen LogP contribution is -2.12. The molecule has 0 aliphatic rings. The van der Waals surface area contributed by atoms with Crippen LogP contribution < -0.4 is 10.6 Å². The molecule has 1 unspecified atom stereocenters. The number of unbranched alkanes of at least 4 members (excludes halogenated alkanes) is 2. The molecule has 0 radical (unpaired) electrons. The van der Waals surface area contributed by atoms with E-state index in [1.54, 1.807) is 7.11 Å². The summed E-state index contributed by atoms with van der Waals surface area (Å²) < 4.78 is 10.4. The van der Waals surface area contributed by atoms with Gasteiger partial charge in [-0.1, -0.05) is 5.10 Å². The Bertz CT molecular complexity index is 303. The van der Waals surface area contributed by atoms with Gasteiger partial charge in [-0.2, -0.15) is 0 Å². The Morgan fingerprint density at radius 2 is 2.12 bits per heavy atom. The zero-order valence-corrected chi connectivity index (χ0v) is 10.8. The van der Waals surface area contributed by atoms with Gasteiger partial charge in [-0.25, -0.2) is 0 Å². The molecule has 2 N–H and O–H groups in total. The predicted molar refractivity (Wildman–Crippen MR) is 66.0 cm³/mol. The first-order valence-electron chi connectivity index (χ1n) is 6.01. The van der Waals surface area contributed by atoms with E-state index in [-0.39, 0.29) is 6.04 Å². The summed E-state index contributed by atoms with van der Waals surface area (Å²) in [6.07, 6.45) is 3.29. The number of hydrogen-bond donors (Lipinski definition) is 2. The van der Waals surface area contributed by atoms with Gasteiger partial charge in [0.15, 0.2) is 0 Å². The molecular weight excluding hydrogens is 220 g/mol. The molecule has 0 saturated heterocycles. The van der Waals surface area contributed by atoms with E-state index in [0.717, 1.165) is 32.4 Å². The number of rotatable bonds is 9. The van der Waals surface area contributed by atoms with Crippen LogP contribution in [0.3, 0.4) is 0 Å². The molecule has 1 rings (SSSR count). The van der Waals surface area contributed by atoms with Crippen LogP contribution in [0.25, 0.3) is 0 Å². The summed E-state index contributed by atoms with van der Waals surface area (Å²) in [6.45, 7) is 3.64. The Balaban J connectivity index is 2.16. The molecule has 6 heteroatoms. The lowest BCUT2D eigenvalue weighted by molar-refractivity contribution is 0.192. The lowest BCUT2D eigenvalue weighted by Gasteiger charge is -2.03. The highest BCUT2D eigenvalue weighted by Crippen LogP contribution is 2.12. The van der Waals surface area contributed by atoms with Crippen LogP contribution in [0.4, 0.5) is 6.01 Å². The van der Waals surface area contributed by atoms with Crippen LogP contribution in [0.2, 0.25) is 0 Å². The van der Waals surface area contributed by atoms with Gasteiger partial charge in [-0.05, 0) is 33.2 Å². The van der Waals surface area contributed by atoms with Crippen LogP contribution in [0.15, 0.2) is 4.42 Å². The average molecular weight is 242 g/mol. The molecule has 98 valence electrons. The Labute approximate surface area is 102 Å². The molecule has 6 nitrogen and oxygen atoms in total. The van der Waals surface area contributed by atoms with Crippen molar-refractivity contribution >= 4 is 6.01 Å². The van der Waals surface area contributed by atoms with E-state index in [1.807, 2.05) is 14.0 Å². The number of nitrogens with zero attached hydrogens (tertiary/aromatic N) is 2. The summed E-state index contributed by atoms with van der Waals surface area (Å²) in [5.41, 5.74) is 0. The highest BCUT2D eigenvalue weighted by Gasteiger charge is 2.10. The maximum Gasteiger partial charge on any atom is 0.315 e. The third kappa shape index (κ3) is 5.14. The number of hydrogen-bond acceptors (Lipinski definition) is 6. The monoisotopic (exact) mass is 242 g/mol. The topological polar surface area (TPSA) is 72.2 Å². The molecule has 1 atom stereocenters. The van der Waals surface area contributed by atoms with Gasteiger partial charge >= 0.3 is 6.01 Å². The van der Waals surface area contributed by atoms with Crippen molar-refractivity contribution in [2.45, 2.75) is 32.2 Å². The first kappa shape index (κ1) is 13.9. The predicted octanol–water partition coefficient (Wildman–Crippen LogP) is 1.58. The molecule has 17 heavy (non-hydrogen) atoms. The van der Waals surface area contributed by atoms with E-state index < -0.39 is 0 Å². The number of nitrogens with one attached hydrogen (secondary N) is 2. The van der Waals surface area contributed by atoms with Crippen molar-refractivity contribution in [2.75, 3.05) is 32.6 Å². The molecule has 0 amide bonds. The quantitative estimate of drug-likeness (QED) is 0.641. The maximum absolute atomic E-state index is 5.44.